The van der Waals surface area contributed by atoms with Crippen molar-refractivity contribution in [1.29, 1.82) is 0 Å². The van der Waals surface area contributed by atoms with Crippen molar-refractivity contribution >= 4 is 29.9 Å². The number of furan rings is 1. The summed E-state index contributed by atoms with van der Waals surface area (Å²) < 4.78 is 11.6. The molecule has 2 saturated carbocycles. The smallest absolute Gasteiger partial charge is 0.191 e. The van der Waals surface area contributed by atoms with E-state index in [4.69, 9.17) is 9.15 Å². The Morgan fingerprint density at radius 3 is 2.70 bits per heavy atom. The molecule has 6 nitrogen and oxygen atoms in total. The van der Waals surface area contributed by atoms with E-state index in [0.29, 0.717) is 30.0 Å². The molecule has 3 aliphatic rings. The van der Waals surface area contributed by atoms with Gasteiger partial charge in [-0.2, -0.15) is 0 Å². The van der Waals surface area contributed by atoms with E-state index in [1.165, 1.54) is 19.3 Å². The van der Waals surface area contributed by atoms with Gasteiger partial charge in [0.25, 0.3) is 0 Å². The number of hydrogen-bond donors (Lipinski definition) is 3. The highest BCUT2D eigenvalue weighted by molar-refractivity contribution is 14.0. The summed E-state index contributed by atoms with van der Waals surface area (Å²) >= 11 is 0. The second-order valence-corrected chi connectivity index (χ2v) is 8.48. The Kier molecular flexibility index (Phi) is 5.85. The van der Waals surface area contributed by atoms with E-state index in [1.54, 1.807) is 7.05 Å². The summed E-state index contributed by atoms with van der Waals surface area (Å²) in [7, 11) is 1.78. The Hall–Kier alpha value is -0.800. The third-order valence-corrected chi connectivity index (χ3v) is 6.77. The highest BCUT2D eigenvalue weighted by Gasteiger charge is 2.66. The summed E-state index contributed by atoms with van der Waals surface area (Å²) in [4.78, 5) is 4.39. The first-order valence-corrected chi connectivity index (χ1v) is 9.76. The molecule has 3 N–H and O–H groups in total. The summed E-state index contributed by atoms with van der Waals surface area (Å²) in [5.74, 6) is 2.92. The van der Waals surface area contributed by atoms with Crippen LogP contribution in [0.4, 0.5) is 0 Å². The minimum Gasteiger partial charge on any atom is -0.466 e. The van der Waals surface area contributed by atoms with Gasteiger partial charge in [-0.25, -0.2) is 0 Å². The molecule has 0 aromatic carbocycles. The monoisotopic (exact) mass is 489 g/mol. The van der Waals surface area contributed by atoms with Crippen molar-refractivity contribution in [3.63, 3.8) is 0 Å². The number of ether oxygens (including phenoxy) is 1. The number of halogens is 1. The normalized spacial score (nSPS) is 30.6. The van der Waals surface area contributed by atoms with Crippen molar-refractivity contribution in [2.45, 2.75) is 64.2 Å². The fourth-order valence-electron chi connectivity index (χ4n) is 5.31. The molecular weight excluding hydrogens is 457 g/mol. The van der Waals surface area contributed by atoms with E-state index >= 15 is 0 Å². The topological polar surface area (TPSA) is 79.0 Å². The number of aryl methyl sites for hydroxylation is 2. The number of nitrogens with one attached hydrogen (secondary N) is 2. The Bertz CT molecular complexity index is 711. The van der Waals surface area contributed by atoms with E-state index in [-0.39, 0.29) is 24.0 Å². The van der Waals surface area contributed by atoms with Crippen LogP contribution in [0.2, 0.25) is 0 Å². The largest absolute Gasteiger partial charge is 0.466 e. The van der Waals surface area contributed by atoms with Crippen LogP contribution in [-0.2, 0) is 10.3 Å². The molecule has 152 valence electrons. The number of fused-ring (bicyclic) bond motifs is 2. The van der Waals surface area contributed by atoms with Crippen molar-refractivity contribution in [3.8, 4) is 0 Å². The lowest BCUT2D eigenvalue weighted by molar-refractivity contribution is -0.171. The third-order valence-electron chi connectivity index (χ3n) is 6.77. The molecule has 4 rings (SSSR count). The zero-order valence-corrected chi connectivity index (χ0v) is 19.0. The maximum Gasteiger partial charge on any atom is 0.191 e. The zero-order chi connectivity index (χ0) is 18.5. The summed E-state index contributed by atoms with van der Waals surface area (Å²) in [5.41, 5.74) is 0.104. The molecule has 1 aromatic heterocycles. The van der Waals surface area contributed by atoms with Crippen LogP contribution in [-0.4, -0.2) is 43.4 Å². The van der Waals surface area contributed by atoms with Gasteiger partial charge >= 0.3 is 0 Å². The van der Waals surface area contributed by atoms with E-state index in [0.717, 1.165) is 36.1 Å². The maximum atomic E-state index is 10.9. The summed E-state index contributed by atoms with van der Waals surface area (Å²) in [6, 6.07) is 2.33. The van der Waals surface area contributed by atoms with Crippen molar-refractivity contribution in [2.75, 3.05) is 20.2 Å². The highest BCUT2D eigenvalue weighted by Crippen LogP contribution is 2.62. The van der Waals surface area contributed by atoms with Crippen molar-refractivity contribution < 1.29 is 14.3 Å². The van der Waals surface area contributed by atoms with Crippen LogP contribution in [0.25, 0.3) is 0 Å². The lowest BCUT2D eigenvalue weighted by atomic mass is 9.46. The molecule has 4 atom stereocenters. The molecular formula is C20H32IN3O3. The van der Waals surface area contributed by atoms with Gasteiger partial charge in [-0.15, -0.1) is 24.0 Å². The number of nitrogens with zero attached hydrogens (tertiary/aromatic N) is 1. The lowest BCUT2D eigenvalue weighted by Gasteiger charge is -2.63. The van der Waals surface area contributed by atoms with Gasteiger partial charge in [0.2, 0.25) is 0 Å². The number of aliphatic imine (C=N–C) groups is 1. The van der Waals surface area contributed by atoms with E-state index in [2.05, 4.69) is 15.6 Å². The molecule has 2 heterocycles. The van der Waals surface area contributed by atoms with E-state index < -0.39 is 5.60 Å². The van der Waals surface area contributed by atoms with Gasteiger partial charge in [0.05, 0.1) is 12.6 Å². The maximum absolute atomic E-state index is 10.9. The fourth-order valence-corrected chi connectivity index (χ4v) is 5.31. The highest BCUT2D eigenvalue weighted by atomic mass is 127. The van der Waals surface area contributed by atoms with Crippen LogP contribution in [0.3, 0.4) is 0 Å². The molecule has 27 heavy (non-hydrogen) atoms. The standard InChI is InChI=1S/C20H31N3O3.HI/c1-12-10-15(13(2)26-12)19(3,24)11-22-18(21-4)23-16-14-6-9-25-17(14)20(16)7-5-8-20;/h10,14,16-17,24H,5-9,11H2,1-4H3,(H2,21,22,23);1H. The summed E-state index contributed by atoms with van der Waals surface area (Å²) in [5, 5.41) is 17.9. The van der Waals surface area contributed by atoms with Gasteiger partial charge in [0.15, 0.2) is 5.96 Å². The molecule has 3 fully saturated rings. The van der Waals surface area contributed by atoms with Crippen LogP contribution < -0.4 is 10.6 Å². The molecule has 1 aromatic rings. The molecule has 0 amide bonds. The Balaban J connectivity index is 0.00000210. The first-order chi connectivity index (χ1) is 12.4. The van der Waals surface area contributed by atoms with Gasteiger partial charge in [-0.1, -0.05) is 6.42 Å². The zero-order valence-electron chi connectivity index (χ0n) is 16.7. The Morgan fingerprint density at radius 2 is 2.15 bits per heavy atom. The third kappa shape index (κ3) is 3.40. The molecule has 7 heteroatoms. The van der Waals surface area contributed by atoms with Crippen molar-refractivity contribution in [3.05, 3.63) is 23.2 Å². The molecule has 4 unspecified atom stereocenters. The molecule has 0 radical (unpaired) electrons. The quantitative estimate of drug-likeness (QED) is 0.345. The van der Waals surface area contributed by atoms with Crippen LogP contribution in [0.15, 0.2) is 15.5 Å². The van der Waals surface area contributed by atoms with Gasteiger partial charge in [0, 0.05) is 36.6 Å². The Labute approximate surface area is 178 Å². The summed E-state index contributed by atoms with van der Waals surface area (Å²) in [6.45, 7) is 6.85. The predicted octanol–water partition coefficient (Wildman–Crippen LogP) is 2.84. The van der Waals surface area contributed by atoms with Crippen LogP contribution >= 0.6 is 24.0 Å². The second kappa shape index (κ2) is 7.55. The van der Waals surface area contributed by atoms with Crippen molar-refractivity contribution in [2.24, 2.45) is 16.3 Å². The fraction of sp³-hybridized carbons (Fsp3) is 0.750. The number of rotatable bonds is 4. The number of hydrogen-bond acceptors (Lipinski definition) is 4. The van der Waals surface area contributed by atoms with Gasteiger partial charge in [-0.05, 0) is 46.1 Å². The number of aliphatic hydroxyl groups is 1. The lowest BCUT2D eigenvalue weighted by Crippen LogP contribution is -2.72. The molecule has 1 saturated heterocycles. The second-order valence-electron chi connectivity index (χ2n) is 8.48. The van der Waals surface area contributed by atoms with Crippen LogP contribution in [0.5, 0.6) is 0 Å². The van der Waals surface area contributed by atoms with Crippen LogP contribution in [0, 0.1) is 25.2 Å². The van der Waals surface area contributed by atoms with E-state index in [9.17, 15) is 5.11 Å². The SMILES string of the molecule is CN=C(NCC(C)(O)c1cc(C)oc1C)NC1C2CCOC2C12CCC2.I. The van der Waals surface area contributed by atoms with Gasteiger partial charge in [-0.3, -0.25) is 4.99 Å². The minimum atomic E-state index is -1.02. The first-order valence-electron chi connectivity index (χ1n) is 9.76. The van der Waals surface area contributed by atoms with Gasteiger partial charge in [0.1, 0.15) is 17.1 Å². The van der Waals surface area contributed by atoms with Crippen molar-refractivity contribution in [1.82, 2.24) is 10.6 Å². The summed E-state index contributed by atoms with van der Waals surface area (Å²) in [6.07, 6.45) is 5.35. The average molecular weight is 489 g/mol. The Morgan fingerprint density at radius 1 is 1.41 bits per heavy atom. The number of guanidine groups is 1. The molecule has 1 aliphatic heterocycles. The first kappa shape index (κ1) is 20.9. The molecule has 2 aliphatic carbocycles. The molecule has 1 spiro atoms. The van der Waals surface area contributed by atoms with E-state index in [1.807, 2.05) is 26.8 Å². The van der Waals surface area contributed by atoms with Gasteiger partial charge < -0.3 is 24.9 Å². The predicted molar refractivity (Wildman–Crippen MR) is 116 cm³/mol. The minimum absolute atomic E-state index is 0. The average Bonchev–Trinajstić information content (AvgIpc) is 3.10. The van der Waals surface area contributed by atoms with Crippen LogP contribution in [0.1, 0.15) is 49.7 Å². The molecule has 0 bridgehead atoms.